The zero-order valence-corrected chi connectivity index (χ0v) is 11.6. The first-order valence-electron chi connectivity index (χ1n) is 6.56. The molecule has 3 atom stereocenters. The smallest absolute Gasteiger partial charge is 0.247 e. The molecule has 1 saturated heterocycles. The Morgan fingerprint density at radius 3 is 2.39 bits per heavy atom. The fourth-order valence-electron chi connectivity index (χ4n) is 2.35. The van der Waals surface area contributed by atoms with Crippen molar-refractivity contribution in [1.29, 1.82) is 0 Å². The molecule has 4 heteroatoms. The van der Waals surface area contributed by atoms with Crippen LogP contribution in [0.15, 0.2) is 0 Å². The maximum Gasteiger partial charge on any atom is 0.247 e. The highest BCUT2D eigenvalue weighted by atomic mass is 16.2. The summed E-state index contributed by atoms with van der Waals surface area (Å²) in [5.41, 5.74) is 0. The molecule has 0 aromatic carbocycles. The van der Waals surface area contributed by atoms with Gasteiger partial charge in [-0.05, 0) is 18.8 Å². The summed E-state index contributed by atoms with van der Waals surface area (Å²) in [6, 6.07) is -1.19. The van der Waals surface area contributed by atoms with E-state index in [1.807, 2.05) is 27.7 Å². The summed E-state index contributed by atoms with van der Waals surface area (Å²) < 4.78 is 0. The lowest BCUT2D eigenvalue weighted by Crippen LogP contribution is -2.66. The van der Waals surface area contributed by atoms with E-state index in [0.29, 0.717) is 12.8 Å². The van der Waals surface area contributed by atoms with Gasteiger partial charge in [0.15, 0.2) is 0 Å². The summed E-state index contributed by atoms with van der Waals surface area (Å²) in [4.78, 5) is 26.1. The van der Waals surface area contributed by atoms with E-state index in [1.54, 1.807) is 4.90 Å². The van der Waals surface area contributed by atoms with Crippen molar-refractivity contribution in [2.24, 2.45) is 5.92 Å². The maximum absolute atomic E-state index is 12.5. The van der Waals surface area contributed by atoms with Gasteiger partial charge in [-0.3, -0.25) is 9.59 Å². The second-order valence-corrected chi connectivity index (χ2v) is 4.99. The van der Waals surface area contributed by atoms with Crippen LogP contribution in [0.1, 0.15) is 40.5 Å². The van der Waals surface area contributed by atoms with E-state index in [9.17, 15) is 9.59 Å². The lowest BCUT2D eigenvalue weighted by molar-refractivity contribution is -0.152. The van der Waals surface area contributed by atoms with E-state index in [0.717, 1.165) is 0 Å². The number of carbonyl (C=O) groups excluding carboxylic acids is 2. The fraction of sp³-hybridized carbons (Fsp3) is 0.714. The second kappa shape index (κ2) is 5.90. The summed E-state index contributed by atoms with van der Waals surface area (Å²) >= 11 is 0. The number of terminal acetylenes is 1. The van der Waals surface area contributed by atoms with Crippen molar-refractivity contribution in [2.75, 3.05) is 0 Å². The number of amides is 2. The molecule has 0 saturated carbocycles. The average Bonchev–Trinajstić information content (AvgIpc) is 2.34. The van der Waals surface area contributed by atoms with Crippen molar-refractivity contribution in [3.63, 3.8) is 0 Å². The zero-order chi connectivity index (χ0) is 13.9. The Morgan fingerprint density at radius 1 is 1.39 bits per heavy atom. The molecule has 0 spiro atoms. The van der Waals surface area contributed by atoms with Crippen molar-refractivity contribution >= 4 is 11.8 Å². The number of nitrogens with zero attached hydrogens (tertiary/aromatic N) is 1. The number of nitrogens with one attached hydrogen (secondary N) is 1. The molecule has 18 heavy (non-hydrogen) atoms. The van der Waals surface area contributed by atoms with Gasteiger partial charge in [0, 0.05) is 0 Å². The second-order valence-electron chi connectivity index (χ2n) is 4.99. The van der Waals surface area contributed by atoms with Gasteiger partial charge in [-0.1, -0.05) is 33.6 Å². The first-order valence-corrected chi connectivity index (χ1v) is 6.56. The molecular formula is C14H22N2O2. The van der Waals surface area contributed by atoms with Gasteiger partial charge >= 0.3 is 0 Å². The van der Waals surface area contributed by atoms with E-state index in [2.05, 4.69) is 11.2 Å². The van der Waals surface area contributed by atoms with Crippen LogP contribution < -0.4 is 5.32 Å². The number of piperazine rings is 1. The lowest BCUT2D eigenvalue weighted by Gasteiger charge is -2.42. The van der Waals surface area contributed by atoms with Crippen molar-refractivity contribution in [2.45, 2.75) is 58.7 Å². The monoisotopic (exact) mass is 250 g/mol. The predicted molar refractivity (Wildman–Crippen MR) is 70.6 cm³/mol. The third-order valence-corrected chi connectivity index (χ3v) is 3.42. The quantitative estimate of drug-likeness (QED) is 0.761. The minimum atomic E-state index is -0.456. The van der Waals surface area contributed by atoms with E-state index in [-0.39, 0.29) is 23.8 Å². The molecule has 1 N–H and O–H groups in total. The first kappa shape index (κ1) is 14.6. The average molecular weight is 250 g/mol. The molecule has 1 heterocycles. The molecule has 3 unspecified atom stereocenters. The Kier molecular flexibility index (Phi) is 4.77. The van der Waals surface area contributed by atoms with E-state index in [4.69, 9.17) is 6.42 Å². The molecule has 0 bridgehead atoms. The number of rotatable bonds is 4. The molecule has 0 radical (unpaired) electrons. The largest absolute Gasteiger partial charge is 0.342 e. The number of hydrogen-bond acceptors (Lipinski definition) is 2. The Balaban J connectivity index is 3.10. The van der Waals surface area contributed by atoms with Gasteiger partial charge in [0.1, 0.15) is 12.1 Å². The molecule has 1 fully saturated rings. The van der Waals surface area contributed by atoms with Crippen molar-refractivity contribution in [3.05, 3.63) is 0 Å². The van der Waals surface area contributed by atoms with Crippen molar-refractivity contribution < 1.29 is 9.59 Å². The van der Waals surface area contributed by atoms with E-state index < -0.39 is 12.1 Å². The Hall–Kier alpha value is -1.50. The van der Waals surface area contributed by atoms with E-state index >= 15 is 0 Å². The van der Waals surface area contributed by atoms with Crippen LogP contribution in [0.5, 0.6) is 0 Å². The standard InChI is InChI=1S/C14H22N2O2/c1-6-10(7-2)16-11(8-3)13(17)15-12(9(4)5)14(16)18/h1,9-12H,7-8H2,2-5H3,(H,15,17). The predicted octanol–water partition coefficient (Wildman–Crippen LogP) is 1.16. The summed E-state index contributed by atoms with van der Waals surface area (Å²) in [7, 11) is 0. The highest BCUT2D eigenvalue weighted by molar-refractivity contribution is 5.97. The van der Waals surface area contributed by atoms with Crippen LogP contribution in [-0.2, 0) is 9.59 Å². The van der Waals surface area contributed by atoms with Crippen LogP contribution in [0.3, 0.4) is 0 Å². The number of carbonyl (C=O) groups is 2. The van der Waals surface area contributed by atoms with Crippen LogP contribution in [0, 0.1) is 18.3 Å². The van der Waals surface area contributed by atoms with Crippen LogP contribution in [0.25, 0.3) is 0 Å². The van der Waals surface area contributed by atoms with Gasteiger partial charge in [0.25, 0.3) is 0 Å². The van der Waals surface area contributed by atoms with Crippen LogP contribution in [-0.4, -0.2) is 34.8 Å². The van der Waals surface area contributed by atoms with Crippen LogP contribution >= 0.6 is 0 Å². The van der Waals surface area contributed by atoms with Gasteiger partial charge in [-0.25, -0.2) is 0 Å². The van der Waals surface area contributed by atoms with Gasteiger partial charge in [0.05, 0.1) is 6.04 Å². The van der Waals surface area contributed by atoms with Gasteiger partial charge in [0.2, 0.25) is 11.8 Å². The summed E-state index contributed by atoms with van der Waals surface area (Å²) in [5.74, 6) is 2.54. The van der Waals surface area contributed by atoms with Crippen molar-refractivity contribution in [3.8, 4) is 12.3 Å². The van der Waals surface area contributed by atoms with Crippen LogP contribution in [0.2, 0.25) is 0 Å². The molecule has 1 aliphatic heterocycles. The fourth-order valence-corrected chi connectivity index (χ4v) is 2.35. The minimum Gasteiger partial charge on any atom is -0.342 e. The van der Waals surface area contributed by atoms with E-state index in [1.165, 1.54) is 0 Å². The molecule has 2 amide bonds. The number of hydrogen-bond donors (Lipinski definition) is 1. The highest BCUT2D eigenvalue weighted by Gasteiger charge is 2.43. The minimum absolute atomic E-state index is 0.0544. The SMILES string of the molecule is C#CC(CC)N1C(=O)C(C(C)C)NC(=O)C1CC. The van der Waals surface area contributed by atoms with Gasteiger partial charge < -0.3 is 10.2 Å². The first-order chi connectivity index (χ1) is 8.47. The highest BCUT2D eigenvalue weighted by Crippen LogP contribution is 2.21. The molecule has 0 aliphatic carbocycles. The summed E-state index contributed by atoms with van der Waals surface area (Å²) in [6.45, 7) is 7.67. The van der Waals surface area contributed by atoms with Gasteiger partial charge in [-0.15, -0.1) is 6.42 Å². The molecule has 0 aromatic rings. The summed E-state index contributed by atoms with van der Waals surface area (Å²) in [5, 5.41) is 2.80. The molecular weight excluding hydrogens is 228 g/mol. The molecule has 4 nitrogen and oxygen atoms in total. The summed E-state index contributed by atoms with van der Waals surface area (Å²) in [6.07, 6.45) is 6.73. The topological polar surface area (TPSA) is 49.4 Å². The molecule has 0 aromatic heterocycles. The Morgan fingerprint density at radius 2 is 2.00 bits per heavy atom. The third-order valence-electron chi connectivity index (χ3n) is 3.42. The molecule has 100 valence electrons. The normalized spacial score (nSPS) is 25.9. The zero-order valence-electron chi connectivity index (χ0n) is 11.6. The van der Waals surface area contributed by atoms with Crippen LogP contribution in [0.4, 0.5) is 0 Å². The third kappa shape index (κ3) is 2.50. The molecule has 1 aliphatic rings. The van der Waals surface area contributed by atoms with Crippen molar-refractivity contribution in [1.82, 2.24) is 10.2 Å². The van der Waals surface area contributed by atoms with Gasteiger partial charge in [-0.2, -0.15) is 0 Å². The lowest BCUT2D eigenvalue weighted by atomic mass is 9.95. The molecule has 1 rings (SSSR count). The Labute approximate surface area is 109 Å². The maximum atomic E-state index is 12.5. The Bertz CT molecular complexity index is 370.